The molecule has 140 heavy (non-hydrogen) atoms. The van der Waals surface area contributed by atoms with E-state index >= 15 is 0 Å². The van der Waals surface area contributed by atoms with E-state index in [0.29, 0.717) is 104 Å². The minimum atomic E-state index is -0.611. The number of hydrogen-bond acceptors (Lipinski definition) is 30. The van der Waals surface area contributed by atoms with Gasteiger partial charge < -0.3 is 77.4 Å². The van der Waals surface area contributed by atoms with E-state index in [2.05, 4.69) is 180 Å². The predicted octanol–water partition coefficient (Wildman–Crippen LogP) is 3.07. The average molecular weight is 2020 g/mol. The summed E-state index contributed by atoms with van der Waals surface area (Å²) >= 11 is 0. The number of hydroxylamine groups is 10. The van der Waals surface area contributed by atoms with Gasteiger partial charge in [-0.3, -0.25) is 96.4 Å². The van der Waals surface area contributed by atoms with Crippen LogP contribution in [0.2, 0.25) is 0 Å². The van der Waals surface area contributed by atoms with E-state index in [4.69, 9.17) is 24.2 Å². The maximum atomic E-state index is 12.3. The molecule has 10 heterocycles. The first kappa shape index (κ1) is 118. The Morgan fingerprint density at radius 1 is 0.286 bits per heavy atom. The second-order valence-corrected chi connectivity index (χ2v) is 36.3. The molecule has 10 aliphatic rings. The predicted molar refractivity (Wildman–Crippen MR) is 513 cm³/mol. The molecule has 0 bridgehead atoms. The topological polar surface area (TPSA) is 540 Å². The maximum Gasteiger partial charge on any atom is 0.334 e. The summed E-state index contributed by atoms with van der Waals surface area (Å²) in [5, 5.41) is 31.5. The standard InChI is InChI=1S/4C19H30N4O5.C10H20N2O.C9H12N2O4.2H2/c4*1-13(2)22-12-4-5-15(22)19(27)21-10-8-16(24)20-11-9-18(26)28-23-14(3)6-7-17(23)25;1-4-11-10(13)9-6-5-7-12(9)8(2)3;1-7-2-3-8(13)11(7)15-9(14)4-5-10-6-12;;/h4*13,15H,3-12H2,1-2H3,(H,20,24)(H,21,27);8-9H,4-7H2,1-3H3,(H,11,13);6H,1-5H2,(H,10,12);2*1H/i4+1,5+1,8+1,10+1,12+1,15+1,16+1,20+1,21+1;1+1,2+1,8+1,10+1,13+1,16+1,18+1,20+1,22+1;1+1,2+1,8+1,10+1,13+1,16+1,18+1,20+1,21+1;1+1,2+1,8+1,9+1,11+1,16+1,18+1,20+1,22+1;1+1,5+1,6+1,7+1,9+1;6+1,9+1,10+1;;. The molecule has 10 fully saturated rings. The molecule has 45 nitrogen and oxygen atoms in total. The molecule has 0 aromatic heterocycles. The smallest absolute Gasteiger partial charge is 0.334 e. The van der Waals surface area contributed by atoms with Crippen LogP contribution in [0.1, 0.15) is 265 Å². The third kappa shape index (κ3) is 41.0. The summed E-state index contributed by atoms with van der Waals surface area (Å²) in [4.78, 5) is 269. The molecular weight excluding hydrogens is 1860 g/mol. The molecule has 5 atom stereocenters. The van der Waals surface area contributed by atoms with Crippen LogP contribution in [0.3, 0.4) is 0 Å². The number of nitrogens with one attached hydrogen (secondary N) is 10. The van der Waals surface area contributed by atoms with Crippen molar-refractivity contribution in [2.24, 2.45) is 0 Å². The van der Waals surface area contributed by atoms with Crippen LogP contribution in [0.25, 0.3) is 0 Å². The number of hydrogen-bond donors (Lipinski definition) is 10. The van der Waals surface area contributed by atoms with Gasteiger partial charge in [-0.15, -0.1) is 25.3 Å². The van der Waals surface area contributed by atoms with E-state index in [1.54, 1.807) is 0 Å². The largest absolute Gasteiger partial charge is 0.358 e. The minimum absolute atomic E-state index is 0. The highest BCUT2D eigenvalue weighted by atomic mass is 16.8. The molecule has 0 saturated carbocycles. The summed E-state index contributed by atoms with van der Waals surface area (Å²) in [5.74, 6) is -5.48. The van der Waals surface area contributed by atoms with Crippen molar-refractivity contribution in [1.29, 1.82) is 0 Å². The zero-order chi connectivity index (χ0) is 104. The molecule has 0 aromatic carbocycles. The molecule has 5 unspecified atom stereocenters. The van der Waals surface area contributed by atoms with Crippen molar-refractivity contribution in [2.75, 3.05) is 98.2 Å². The lowest BCUT2D eigenvalue weighted by molar-refractivity contribution is -0.186. The van der Waals surface area contributed by atoms with Gasteiger partial charge in [0.1, 0.15) is 0 Å². The molecule has 0 aliphatic carbocycles. The Morgan fingerprint density at radius 3 is 0.629 bits per heavy atom. The van der Waals surface area contributed by atoms with Gasteiger partial charge in [-0.25, -0.2) is 24.0 Å². The fourth-order valence-corrected chi connectivity index (χ4v) is 16.7. The normalized spacial score (nSPS) is 19.8. The molecule has 0 aromatic rings. The first-order chi connectivity index (χ1) is 66.5. The van der Waals surface area contributed by atoms with Gasteiger partial charge >= 0.3 is 29.8 Å². The zero-order valence-corrected chi connectivity index (χ0v) is 83.7. The Morgan fingerprint density at radius 2 is 0.464 bits per heavy atom. The third-order valence-corrected chi connectivity index (χ3v) is 24.1. The van der Waals surface area contributed by atoms with Gasteiger partial charge in [0.2, 0.25) is 59.6 Å². The Kier molecular flexibility index (Phi) is 52.6. The number of allylic oxidation sites excluding steroid dienone is 5. The Balaban J connectivity index is 0.000000445. The van der Waals surface area contributed by atoms with Crippen molar-refractivity contribution >= 4 is 119 Å². The van der Waals surface area contributed by atoms with E-state index in [-0.39, 0.29) is 258 Å². The van der Waals surface area contributed by atoms with Gasteiger partial charge in [-0.1, -0.05) is 32.9 Å². The summed E-state index contributed by atoms with van der Waals surface area (Å²) in [6.07, 6.45) is 14.2. The van der Waals surface area contributed by atoms with Crippen LogP contribution < -0.4 is 53.2 Å². The lowest BCUT2D eigenvalue weighted by Crippen LogP contribution is -2.46. The van der Waals surface area contributed by atoms with Crippen molar-refractivity contribution < 1.29 is 123 Å². The number of amides is 15. The van der Waals surface area contributed by atoms with E-state index in [1.807, 2.05) is 6.92 Å². The lowest BCUT2D eigenvalue weighted by atomic mass is 10.2. The van der Waals surface area contributed by atoms with Crippen LogP contribution in [0, 0.1) is 0 Å². The Labute approximate surface area is 823 Å². The van der Waals surface area contributed by atoms with E-state index < -0.39 is 29.8 Å². The van der Waals surface area contributed by atoms with Crippen LogP contribution in [-0.4, -0.2) is 327 Å². The molecule has 786 valence electrons. The van der Waals surface area contributed by atoms with Crippen molar-refractivity contribution in [2.45, 2.75) is 323 Å². The molecular formula is C95H156N20O25. The molecule has 10 aliphatic heterocycles. The monoisotopic (exact) mass is 2020 g/mol. The van der Waals surface area contributed by atoms with Gasteiger partial charge in [0, 0.05) is 156 Å². The second kappa shape index (κ2) is 62.2. The summed E-state index contributed by atoms with van der Waals surface area (Å²) in [5.41, 5.74) is 2.30. The second-order valence-electron chi connectivity index (χ2n) is 36.3. The number of likely N-dealkylation sites (tertiary alicyclic amines) is 5. The third-order valence-electron chi connectivity index (χ3n) is 24.1. The van der Waals surface area contributed by atoms with Crippen LogP contribution in [0.4, 0.5) is 0 Å². The van der Waals surface area contributed by atoms with Gasteiger partial charge in [0.05, 0.1) is 90.8 Å². The first-order valence-electron chi connectivity index (χ1n) is 49.0. The molecule has 0 radical (unpaired) electrons. The maximum absolute atomic E-state index is 12.3. The van der Waals surface area contributed by atoms with E-state index in [0.717, 1.165) is 129 Å². The van der Waals surface area contributed by atoms with Gasteiger partial charge in [0.25, 0.3) is 29.5 Å². The van der Waals surface area contributed by atoms with Gasteiger partial charge in [-0.2, -0.15) is 0 Å². The quantitative estimate of drug-likeness (QED) is 0.0181. The summed E-state index contributed by atoms with van der Waals surface area (Å²) in [7, 11) is 0. The summed E-state index contributed by atoms with van der Waals surface area (Å²) < 4.78 is 0. The highest BCUT2D eigenvalue weighted by molar-refractivity contribution is 5.89. The molecule has 10 N–H and O–H groups in total. The molecule has 45 heteroatoms. The number of carbonyl (C=O) groups is 20. The first-order valence-corrected chi connectivity index (χ1v) is 49.0. The van der Waals surface area contributed by atoms with Gasteiger partial charge in [-0.05, 0) is 205 Å². The minimum Gasteiger partial charge on any atom is -0.358 e. The number of rotatable bonds is 44. The summed E-state index contributed by atoms with van der Waals surface area (Å²) in [6.45, 7) is 48.1. The average Bonchev–Trinajstić information content (AvgIpc) is 1.73. The fourth-order valence-electron chi connectivity index (χ4n) is 16.7. The van der Waals surface area contributed by atoms with Crippen LogP contribution in [0.15, 0.2) is 61.4 Å². The highest BCUT2D eigenvalue weighted by Crippen LogP contribution is 2.29. The summed E-state index contributed by atoms with van der Waals surface area (Å²) in [6, 6.07) is 1.37. The van der Waals surface area contributed by atoms with Crippen molar-refractivity contribution in [1.82, 2.24) is 103 Å². The Bertz CT molecular complexity index is 3850. The van der Waals surface area contributed by atoms with Crippen molar-refractivity contribution in [3.63, 3.8) is 0 Å². The van der Waals surface area contributed by atoms with Crippen molar-refractivity contribution in [3.05, 3.63) is 61.4 Å². The van der Waals surface area contributed by atoms with Crippen molar-refractivity contribution in [3.8, 4) is 0 Å². The van der Waals surface area contributed by atoms with E-state index in [9.17, 15) is 95.9 Å². The zero-order valence-electron chi connectivity index (χ0n) is 83.7. The number of nitrogens with zero attached hydrogens (tertiary/aromatic N) is 10. The molecule has 10 saturated heterocycles. The van der Waals surface area contributed by atoms with Crippen LogP contribution >= 0.6 is 0 Å². The highest BCUT2D eigenvalue weighted by Gasteiger charge is 2.39. The molecule has 15 amide bonds. The van der Waals surface area contributed by atoms with Gasteiger partial charge in [0.15, 0.2) is 0 Å². The van der Waals surface area contributed by atoms with E-state index in [1.165, 1.54) is 0 Å². The number of carbonyl (C=O) groups excluding carboxylic acids is 20. The Hall–Kier alpha value is -12.1. The molecule has 0 spiro atoms. The van der Waals surface area contributed by atoms with Crippen LogP contribution in [-0.2, 0) is 120 Å². The SMILES string of the molecule is C=C1CCC(=O)N1OC(=O)CC[15NH][13C](=O)[13CH2][13CH2][15NH]C(=O)[13CH]1[13CH2][13CH2][13CH2]N1C(C)C.C=C1CCC(=O)N1O[13C](=O)CC[15NH][13CH]=O.C=C1CCC(=O)N1O[13C](=O)CC[15NH][13C](=O)[13CH2][13CH2]NC(=O)C1CCC[15N]1[13CH]([13CH3])[13CH3].C=C1CCC(=O)N1O[13C](=O)CC[15NH][13C](=O)[13CH2][13CH2][15NH]C(=O)C1CCCN1[13CH]([13CH3])[13CH3].C=C1CCC(=O)N1O[13C](=O)[13CH2][13CH2][15NH][13C](=O)[13CH2]CNC(=O)C1CCC[15N]1C([13CH3])[13CH3].CC(C)N1[13CH2][13CH2][13CH2][13CH]1C(=O)NC[13CH3].[HH].[HH]. The fraction of sp³-hybridized carbons (Fsp3) is 0.684. The lowest BCUT2D eigenvalue weighted by Gasteiger charge is -2.27. The van der Waals surface area contributed by atoms with Crippen LogP contribution in [0.5, 0.6) is 0 Å². The molecule has 10 rings (SSSR count). The number of likely N-dealkylation sites (N-methyl/N-ethyl adjacent to an activating group) is 1.